The highest BCUT2D eigenvalue weighted by atomic mass is 32.1. The molecule has 2 atom stereocenters. The summed E-state index contributed by atoms with van der Waals surface area (Å²) in [5.41, 5.74) is 12.5. The van der Waals surface area contributed by atoms with E-state index in [-0.39, 0.29) is 0 Å². The summed E-state index contributed by atoms with van der Waals surface area (Å²) in [4.78, 5) is 8.75. The molecule has 0 amide bonds. The van der Waals surface area contributed by atoms with Gasteiger partial charge in [-0.2, -0.15) is 0 Å². The second kappa shape index (κ2) is 12.0. The molecule has 0 saturated carbocycles. The molecule has 0 aliphatic carbocycles. The SMILES string of the molecule is CC1C=CN=CC1c1cccc(-c2ccc3sc4ccc(-c5ccc6oc7ccc(-c8cccc(-c9cccnc9)c8)cc7c6c5)cc4c3c2)c1. The lowest BCUT2D eigenvalue weighted by molar-refractivity contribution is 0.669. The maximum atomic E-state index is 6.33. The van der Waals surface area contributed by atoms with Gasteiger partial charge in [-0.3, -0.25) is 9.98 Å². The summed E-state index contributed by atoms with van der Waals surface area (Å²) in [5, 5.41) is 4.83. The van der Waals surface area contributed by atoms with Gasteiger partial charge >= 0.3 is 0 Å². The number of aliphatic imine (C=N–C) groups is 1. The van der Waals surface area contributed by atoms with E-state index in [0.29, 0.717) is 11.8 Å². The summed E-state index contributed by atoms with van der Waals surface area (Å²) < 4.78 is 8.93. The van der Waals surface area contributed by atoms with Crippen molar-refractivity contribution in [3.05, 3.63) is 164 Å². The average molecular weight is 673 g/mol. The normalized spacial score (nSPS) is 15.8. The van der Waals surface area contributed by atoms with E-state index in [0.717, 1.165) is 38.6 Å². The number of allylic oxidation sites excluding steroid dienone is 1. The van der Waals surface area contributed by atoms with Crippen LogP contribution in [0.4, 0.5) is 0 Å². The molecule has 1 aliphatic rings. The molecule has 0 fully saturated rings. The zero-order chi connectivity index (χ0) is 33.9. The van der Waals surface area contributed by atoms with Crippen LogP contribution in [0.1, 0.15) is 18.4 Å². The highest BCUT2D eigenvalue weighted by Gasteiger charge is 2.18. The second-order valence-corrected chi connectivity index (χ2v) is 14.6. The maximum Gasteiger partial charge on any atom is 0.135 e. The first kappa shape index (κ1) is 29.8. The number of hydrogen-bond donors (Lipinski definition) is 0. The number of fused-ring (bicyclic) bond motifs is 6. The number of pyridine rings is 1. The fourth-order valence-corrected chi connectivity index (χ4v) is 8.65. The average Bonchev–Trinajstić information content (AvgIpc) is 3.75. The van der Waals surface area contributed by atoms with Crippen molar-refractivity contribution in [3.63, 3.8) is 0 Å². The van der Waals surface area contributed by atoms with Gasteiger partial charge in [-0.05, 0) is 111 Å². The van der Waals surface area contributed by atoms with E-state index in [1.807, 2.05) is 36.0 Å². The lowest BCUT2D eigenvalue weighted by atomic mass is 9.85. The number of rotatable bonds is 5. The minimum absolute atomic E-state index is 0.295. The smallest absolute Gasteiger partial charge is 0.135 e. The molecule has 51 heavy (non-hydrogen) atoms. The minimum atomic E-state index is 0.295. The van der Waals surface area contributed by atoms with E-state index in [2.05, 4.69) is 157 Å². The number of furan rings is 1. The van der Waals surface area contributed by atoms with Gasteiger partial charge in [0, 0.05) is 67.2 Å². The highest BCUT2D eigenvalue weighted by molar-refractivity contribution is 7.25. The lowest BCUT2D eigenvalue weighted by Gasteiger charge is -2.20. The van der Waals surface area contributed by atoms with Crippen LogP contribution >= 0.6 is 11.3 Å². The lowest BCUT2D eigenvalue weighted by Crippen LogP contribution is -2.11. The molecule has 2 unspecified atom stereocenters. The van der Waals surface area contributed by atoms with Crippen molar-refractivity contribution in [3.8, 4) is 44.5 Å². The molecule has 10 rings (SSSR count). The van der Waals surface area contributed by atoms with E-state index < -0.39 is 0 Å². The third-order valence-electron chi connectivity index (χ3n) is 10.4. The Hall–Kier alpha value is -6.10. The van der Waals surface area contributed by atoms with Crippen LogP contribution in [0.3, 0.4) is 0 Å². The summed E-state index contributed by atoms with van der Waals surface area (Å²) in [6.07, 6.45) is 9.89. The molecule has 4 heteroatoms. The van der Waals surface area contributed by atoms with E-state index in [1.165, 1.54) is 53.6 Å². The third-order valence-corrected chi connectivity index (χ3v) is 11.5. The van der Waals surface area contributed by atoms with E-state index in [4.69, 9.17) is 4.42 Å². The molecular formula is C47H32N2OS. The largest absolute Gasteiger partial charge is 0.456 e. The van der Waals surface area contributed by atoms with Crippen LogP contribution in [0.5, 0.6) is 0 Å². The van der Waals surface area contributed by atoms with E-state index in [9.17, 15) is 0 Å². The van der Waals surface area contributed by atoms with Crippen LogP contribution in [0, 0.1) is 5.92 Å². The molecule has 0 N–H and O–H groups in total. The van der Waals surface area contributed by atoms with Crippen molar-refractivity contribution < 1.29 is 4.42 Å². The van der Waals surface area contributed by atoms with Gasteiger partial charge in [-0.25, -0.2) is 0 Å². The van der Waals surface area contributed by atoms with Crippen LogP contribution in [0.25, 0.3) is 86.6 Å². The third kappa shape index (κ3) is 5.27. The molecule has 1 aliphatic heterocycles. The Kier molecular flexibility index (Phi) is 7.03. The van der Waals surface area contributed by atoms with Crippen molar-refractivity contribution in [2.24, 2.45) is 10.9 Å². The summed E-state index contributed by atoms with van der Waals surface area (Å²) in [5.74, 6) is 0.721. The minimum Gasteiger partial charge on any atom is -0.456 e. The van der Waals surface area contributed by atoms with Crippen LogP contribution in [0.15, 0.2) is 168 Å². The molecule has 3 aromatic heterocycles. The van der Waals surface area contributed by atoms with Crippen molar-refractivity contribution in [2.45, 2.75) is 12.8 Å². The highest BCUT2D eigenvalue weighted by Crippen LogP contribution is 2.41. The van der Waals surface area contributed by atoms with Crippen LogP contribution in [-0.2, 0) is 0 Å². The van der Waals surface area contributed by atoms with Crippen LogP contribution < -0.4 is 0 Å². The summed E-state index contributed by atoms with van der Waals surface area (Å²) in [6.45, 7) is 2.26. The second-order valence-electron chi connectivity index (χ2n) is 13.5. The fourth-order valence-electron chi connectivity index (χ4n) is 7.58. The molecule has 9 aromatic rings. The predicted molar refractivity (Wildman–Crippen MR) is 216 cm³/mol. The van der Waals surface area contributed by atoms with Crippen LogP contribution in [0.2, 0.25) is 0 Å². The topological polar surface area (TPSA) is 38.4 Å². The van der Waals surface area contributed by atoms with Crippen LogP contribution in [-0.4, -0.2) is 11.2 Å². The molecule has 0 bridgehead atoms. The fraction of sp³-hybridized carbons (Fsp3) is 0.0638. The molecule has 242 valence electrons. The molecule has 0 saturated heterocycles. The van der Waals surface area contributed by atoms with Gasteiger partial charge in [0.2, 0.25) is 0 Å². The molecule has 6 aromatic carbocycles. The predicted octanol–water partition coefficient (Wildman–Crippen LogP) is 13.3. The first-order valence-electron chi connectivity index (χ1n) is 17.4. The Morgan fingerprint density at radius 1 is 0.529 bits per heavy atom. The van der Waals surface area contributed by atoms with Crippen molar-refractivity contribution in [1.29, 1.82) is 0 Å². The molecule has 3 nitrogen and oxygen atoms in total. The summed E-state index contributed by atoms with van der Waals surface area (Å²) >= 11 is 1.86. The number of thiophene rings is 1. The first-order chi connectivity index (χ1) is 25.1. The number of aromatic nitrogens is 1. The standard InChI is InChI=1S/C47H32N2OS/c1-29-18-20-49-28-43(29)37-8-3-6-31(22-37)35-12-16-46-41(25-35)42-26-36(13-17-47(42)51-46)34-11-15-45-40(24-34)39-23-33(10-14-44(39)50-45)30-5-2-7-32(21-30)38-9-4-19-48-27-38/h2-29,43H,1H3. The van der Waals surface area contributed by atoms with Gasteiger partial charge in [-0.15, -0.1) is 11.3 Å². The van der Waals surface area contributed by atoms with Crippen molar-refractivity contribution in [2.75, 3.05) is 0 Å². The number of hydrogen-bond acceptors (Lipinski definition) is 4. The Labute approximate surface area is 299 Å². The van der Waals surface area contributed by atoms with E-state index >= 15 is 0 Å². The van der Waals surface area contributed by atoms with E-state index in [1.54, 1.807) is 0 Å². The van der Waals surface area contributed by atoms with Gasteiger partial charge in [0.1, 0.15) is 11.2 Å². The Morgan fingerprint density at radius 2 is 1.08 bits per heavy atom. The number of nitrogens with zero attached hydrogens (tertiary/aromatic N) is 2. The Bertz CT molecular complexity index is 2840. The van der Waals surface area contributed by atoms with Gasteiger partial charge in [-0.1, -0.05) is 85.8 Å². The monoisotopic (exact) mass is 672 g/mol. The van der Waals surface area contributed by atoms with Gasteiger partial charge < -0.3 is 4.42 Å². The molecule has 4 heterocycles. The zero-order valence-electron chi connectivity index (χ0n) is 28.0. The zero-order valence-corrected chi connectivity index (χ0v) is 28.8. The van der Waals surface area contributed by atoms with Gasteiger partial charge in [0.25, 0.3) is 0 Å². The van der Waals surface area contributed by atoms with Gasteiger partial charge in [0.15, 0.2) is 0 Å². The molecular weight excluding hydrogens is 641 g/mol. The van der Waals surface area contributed by atoms with Gasteiger partial charge in [0.05, 0.1) is 0 Å². The molecule has 0 radical (unpaired) electrons. The summed E-state index contributed by atoms with van der Waals surface area (Å²) in [6, 6.07) is 48.6. The maximum absolute atomic E-state index is 6.33. The first-order valence-corrected chi connectivity index (χ1v) is 18.2. The quantitative estimate of drug-likeness (QED) is 0.182. The molecule has 0 spiro atoms. The Morgan fingerprint density at radius 3 is 1.71 bits per heavy atom. The van der Waals surface area contributed by atoms with Crippen molar-refractivity contribution in [1.82, 2.24) is 4.98 Å². The number of benzene rings is 6. The van der Waals surface area contributed by atoms with Crippen molar-refractivity contribution >= 4 is 59.7 Å². The Balaban J connectivity index is 1.03. The summed E-state index contributed by atoms with van der Waals surface area (Å²) in [7, 11) is 0.